The molecule has 0 spiro atoms. The molecule has 0 aromatic heterocycles. The second-order valence-electron chi connectivity index (χ2n) is 3.89. The molecule has 1 rings (SSSR count). The Hall–Kier alpha value is -1.07. The van der Waals surface area contributed by atoms with Crippen molar-refractivity contribution < 1.29 is 18.3 Å². The average Bonchev–Trinajstić information content (AvgIpc) is 2.24. The second kappa shape index (κ2) is 5.51. The first-order valence-corrected chi connectivity index (χ1v) is 5.42. The average molecular weight is 247 g/mol. The van der Waals surface area contributed by atoms with Crippen LogP contribution in [0, 0.1) is 6.92 Å². The number of rotatable bonds is 4. The summed E-state index contributed by atoms with van der Waals surface area (Å²) in [7, 11) is 0. The zero-order chi connectivity index (χ0) is 13.1. The van der Waals surface area contributed by atoms with Gasteiger partial charge in [0.05, 0.1) is 11.7 Å². The van der Waals surface area contributed by atoms with Crippen LogP contribution >= 0.6 is 0 Å². The molecule has 1 atom stereocenters. The summed E-state index contributed by atoms with van der Waals surface area (Å²) < 4.78 is 37.3. The van der Waals surface area contributed by atoms with Gasteiger partial charge in [-0.2, -0.15) is 13.2 Å². The minimum absolute atomic E-state index is 0.336. The first kappa shape index (κ1) is 14.0. The molecule has 5 heteroatoms. The van der Waals surface area contributed by atoms with Crippen LogP contribution in [0.4, 0.5) is 13.2 Å². The van der Waals surface area contributed by atoms with Crippen LogP contribution in [-0.4, -0.2) is 18.2 Å². The molecule has 96 valence electrons. The van der Waals surface area contributed by atoms with Crippen molar-refractivity contribution in [3.8, 4) is 0 Å². The van der Waals surface area contributed by atoms with Crippen molar-refractivity contribution in [2.75, 3.05) is 13.1 Å². The fourth-order valence-electron chi connectivity index (χ4n) is 1.62. The number of hydrogen-bond acceptors (Lipinski definition) is 2. The lowest BCUT2D eigenvalue weighted by Gasteiger charge is -2.16. The SMILES string of the molecule is CCNCC(O)c1ccc(C(F)(F)F)cc1C. The number of alkyl halides is 3. The molecule has 0 bridgehead atoms. The number of halogens is 3. The Morgan fingerprint density at radius 1 is 1.35 bits per heavy atom. The third kappa shape index (κ3) is 3.71. The maximum atomic E-state index is 12.4. The van der Waals surface area contributed by atoms with Crippen molar-refractivity contribution in [2.24, 2.45) is 0 Å². The minimum atomic E-state index is -4.34. The molecule has 0 aliphatic carbocycles. The van der Waals surface area contributed by atoms with E-state index in [1.54, 1.807) is 6.92 Å². The second-order valence-corrected chi connectivity index (χ2v) is 3.89. The van der Waals surface area contributed by atoms with Gasteiger partial charge in [-0.15, -0.1) is 0 Å². The first-order chi connectivity index (χ1) is 7.86. The zero-order valence-electron chi connectivity index (χ0n) is 9.80. The molecule has 2 N–H and O–H groups in total. The summed E-state index contributed by atoms with van der Waals surface area (Å²) in [5, 5.41) is 12.7. The van der Waals surface area contributed by atoms with E-state index in [1.807, 2.05) is 6.92 Å². The van der Waals surface area contributed by atoms with Crippen LogP contribution in [-0.2, 0) is 6.18 Å². The van der Waals surface area contributed by atoms with Crippen molar-refractivity contribution in [3.63, 3.8) is 0 Å². The molecule has 0 fully saturated rings. The molecule has 17 heavy (non-hydrogen) atoms. The zero-order valence-corrected chi connectivity index (χ0v) is 9.80. The maximum Gasteiger partial charge on any atom is 0.416 e. The highest BCUT2D eigenvalue weighted by Crippen LogP contribution is 2.31. The quantitative estimate of drug-likeness (QED) is 0.857. The van der Waals surface area contributed by atoms with Gasteiger partial charge in [-0.25, -0.2) is 0 Å². The number of aliphatic hydroxyl groups is 1. The van der Waals surface area contributed by atoms with E-state index in [1.165, 1.54) is 6.07 Å². The van der Waals surface area contributed by atoms with Crippen LogP contribution < -0.4 is 5.32 Å². The smallest absolute Gasteiger partial charge is 0.387 e. The fraction of sp³-hybridized carbons (Fsp3) is 0.500. The van der Waals surface area contributed by atoms with Crippen LogP contribution in [0.3, 0.4) is 0 Å². The van der Waals surface area contributed by atoms with E-state index in [2.05, 4.69) is 5.32 Å². The monoisotopic (exact) mass is 247 g/mol. The van der Waals surface area contributed by atoms with Crippen molar-refractivity contribution in [1.29, 1.82) is 0 Å². The van der Waals surface area contributed by atoms with E-state index >= 15 is 0 Å². The number of aliphatic hydroxyl groups excluding tert-OH is 1. The van der Waals surface area contributed by atoms with E-state index in [-0.39, 0.29) is 0 Å². The molecular formula is C12H16F3NO. The van der Waals surface area contributed by atoms with Crippen LogP contribution in [0.2, 0.25) is 0 Å². The number of aryl methyl sites for hydroxylation is 1. The van der Waals surface area contributed by atoms with E-state index in [9.17, 15) is 18.3 Å². The first-order valence-electron chi connectivity index (χ1n) is 5.42. The summed E-state index contributed by atoms with van der Waals surface area (Å²) in [5.74, 6) is 0. The van der Waals surface area contributed by atoms with E-state index in [0.29, 0.717) is 24.2 Å². The molecule has 0 aliphatic heterocycles. The van der Waals surface area contributed by atoms with Gasteiger partial charge in [0.1, 0.15) is 0 Å². The normalized spacial score (nSPS) is 13.8. The number of hydrogen-bond donors (Lipinski definition) is 2. The van der Waals surface area contributed by atoms with E-state index in [4.69, 9.17) is 0 Å². The predicted octanol–water partition coefficient (Wildman–Crippen LogP) is 2.66. The molecule has 1 aromatic rings. The molecule has 1 aromatic carbocycles. The van der Waals surface area contributed by atoms with Crippen molar-refractivity contribution in [1.82, 2.24) is 5.32 Å². The number of nitrogens with one attached hydrogen (secondary N) is 1. The standard InChI is InChI=1S/C12H16F3NO/c1-3-16-7-11(17)10-5-4-9(6-8(10)2)12(13,14)15/h4-6,11,16-17H,3,7H2,1-2H3. The lowest BCUT2D eigenvalue weighted by molar-refractivity contribution is -0.137. The Kier molecular flexibility index (Phi) is 4.54. The van der Waals surface area contributed by atoms with Crippen LogP contribution in [0.1, 0.15) is 29.7 Å². The Morgan fingerprint density at radius 2 is 2.00 bits per heavy atom. The van der Waals surface area contributed by atoms with Gasteiger partial charge in [-0.3, -0.25) is 0 Å². The third-order valence-corrected chi connectivity index (χ3v) is 2.54. The lowest BCUT2D eigenvalue weighted by atomic mass is 10.0. The topological polar surface area (TPSA) is 32.3 Å². The molecule has 0 saturated heterocycles. The van der Waals surface area contributed by atoms with Gasteiger partial charge >= 0.3 is 6.18 Å². The summed E-state index contributed by atoms with van der Waals surface area (Å²) in [6.07, 6.45) is -5.12. The van der Waals surface area contributed by atoms with Gasteiger partial charge < -0.3 is 10.4 Å². The van der Waals surface area contributed by atoms with Crippen molar-refractivity contribution in [3.05, 3.63) is 34.9 Å². The molecule has 1 unspecified atom stereocenters. The lowest BCUT2D eigenvalue weighted by Crippen LogP contribution is -2.21. The highest BCUT2D eigenvalue weighted by molar-refractivity contribution is 5.34. The molecule has 0 amide bonds. The Bertz CT molecular complexity index is 377. The summed E-state index contributed by atoms with van der Waals surface area (Å²) in [6.45, 7) is 4.51. The third-order valence-electron chi connectivity index (χ3n) is 2.54. The Labute approximate surface area is 98.5 Å². The highest BCUT2D eigenvalue weighted by atomic mass is 19.4. The van der Waals surface area contributed by atoms with Crippen LogP contribution in [0.25, 0.3) is 0 Å². The van der Waals surface area contributed by atoms with Gasteiger partial charge in [0.15, 0.2) is 0 Å². The fourth-order valence-corrected chi connectivity index (χ4v) is 1.62. The summed E-state index contributed by atoms with van der Waals surface area (Å²) in [6, 6.07) is 3.39. The summed E-state index contributed by atoms with van der Waals surface area (Å²) in [5.41, 5.74) is 0.290. The van der Waals surface area contributed by atoms with Gasteiger partial charge in [-0.05, 0) is 36.7 Å². The predicted molar refractivity (Wildman–Crippen MR) is 59.7 cm³/mol. The minimum Gasteiger partial charge on any atom is -0.387 e. The highest BCUT2D eigenvalue weighted by Gasteiger charge is 2.30. The Morgan fingerprint density at radius 3 is 2.47 bits per heavy atom. The van der Waals surface area contributed by atoms with E-state index < -0.39 is 17.8 Å². The van der Waals surface area contributed by atoms with Gasteiger partial charge in [0, 0.05) is 6.54 Å². The summed E-state index contributed by atoms with van der Waals surface area (Å²) >= 11 is 0. The summed E-state index contributed by atoms with van der Waals surface area (Å²) in [4.78, 5) is 0. The Balaban J connectivity index is 2.90. The molecular weight excluding hydrogens is 231 g/mol. The van der Waals surface area contributed by atoms with Gasteiger partial charge in [0.25, 0.3) is 0 Å². The van der Waals surface area contributed by atoms with Crippen LogP contribution in [0.15, 0.2) is 18.2 Å². The van der Waals surface area contributed by atoms with Crippen molar-refractivity contribution >= 4 is 0 Å². The largest absolute Gasteiger partial charge is 0.416 e. The van der Waals surface area contributed by atoms with E-state index in [0.717, 1.165) is 12.1 Å². The van der Waals surface area contributed by atoms with Crippen molar-refractivity contribution in [2.45, 2.75) is 26.1 Å². The molecule has 0 aliphatic rings. The van der Waals surface area contributed by atoms with Crippen LogP contribution in [0.5, 0.6) is 0 Å². The van der Waals surface area contributed by atoms with Gasteiger partial charge in [-0.1, -0.05) is 13.0 Å². The van der Waals surface area contributed by atoms with Gasteiger partial charge in [0.2, 0.25) is 0 Å². The molecule has 0 saturated carbocycles. The molecule has 0 radical (unpaired) electrons. The molecule has 2 nitrogen and oxygen atoms in total. The maximum absolute atomic E-state index is 12.4. The molecule has 0 heterocycles. The number of likely N-dealkylation sites (N-methyl/N-ethyl adjacent to an activating group) is 1. The number of benzene rings is 1.